The summed E-state index contributed by atoms with van der Waals surface area (Å²) in [5.41, 5.74) is 3.31. The van der Waals surface area contributed by atoms with Gasteiger partial charge in [0.05, 0.1) is 11.3 Å². The molecule has 2 aromatic rings. The summed E-state index contributed by atoms with van der Waals surface area (Å²) in [7, 11) is 1.46. The second-order valence-electron chi connectivity index (χ2n) is 8.46. The zero-order valence-electron chi connectivity index (χ0n) is 19.1. The molecule has 2 aliphatic rings. The summed E-state index contributed by atoms with van der Waals surface area (Å²) in [6.07, 6.45) is 1.87. The lowest BCUT2D eigenvalue weighted by Gasteiger charge is -2.36. The van der Waals surface area contributed by atoms with Crippen molar-refractivity contribution in [1.29, 1.82) is 0 Å². The molecule has 2 aromatic heterocycles. The van der Waals surface area contributed by atoms with Crippen molar-refractivity contribution in [2.45, 2.75) is 33.7 Å². The summed E-state index contributed by atoms with van der Waals surface area (Å²) in [6, 6.07) is 4.42. The molecule has 0 radical (unpaired) electrons. The van der Waals surface area contributed by atoms with Gasteiger partial charge in [0.2, 0.25) is 0 Å². The molecule has 0 saturated carbocycles. The quantitative estimate of drug-likeness (QED) is 0.685. The highest BCUT2D eigenvalue weighted by molar-refractivity contribution is 6.13. The number of piperazine rings is 1. The van der Waals surface area contributed by atoms with Crippen molar-refractivity contribution in [3.05, 3.63) is 46.8 Å². The van der Waals surface area contributed by atoms with Gasteiger partial charge in [-0.25, -0.2) is 14.8 Å². The van der Waals surface area contributed by atoms with E-state index < -0.39 is 12.1 Å². The Morgan fingerprint density at radius 1 is 1.06 bits per heavy atom. The van der Waals surface area contributed by atoms with Gasteiger partial charge < -0.3 is 9.80 Å². The normalized spacial score (nSPS) is 19.2. The smallest absolute Gasteiger partial charge is 0.332 e. The molecule has 0 N–H and O–H groups in total. The Morgan fingerprint density at radius 2 is 1.75 bits per heavy atom. The number of aromatic nitrogens is 2. The molecule has 0 spiro atoms. The number of nitrogens with zero attached hydrogens (tertiary/aromatic N) is 6. The lowest BCUT2D eigenvalue weighted by molar-refractivity contribution is -0.125. The van der Waals surface area contributed by atoms with E-state index in [1.54, 1.807) is 26.0 Å². The molecule has 0 aromatic carbocycles. The summed E-state index contributed by atoms with van der Waals surface area (Å²) in [5.74, 6) is 0.989. The van der Waals surface area contributed by atoms with Crippen LogP contribution in [0.3, 0.4) is 0 Å². The van der Waals surface area contributed by atoms with E-state index in [9.17, 15) is 14.4 Å². The van der Waals surface area contributed by atoms with E-state index in [1.807, 2.05) is 18.0 Å². The van der Waals surface area contributed by atoms with E-state index in [0.717, 1.165) is 21.8 Å². The molecular formula is C23H28N6O3. The van der Waals surface area contributed by atoms with Gasteiger partial charge in [0.1, 0.15) is 17.7 Å². The van der Waals surface area contributed by atoms with Gasteiger partial charge in [0.15, 0.2) is 0 Å². The highest BCUT2D eigenvalue weighted by Crippen LogP contribution is 2.25. The minimum atomic E-state index is -0.618. The minimum Gasteiger partial charge on any atom is -0.353 e. The van der Waals surface area contributed by atoms with Gasteiger partial charge in [-0.3, -0.25) is 19.4 Å². The number of hydrogen-bond donors (Lipinski definition) is 0. The predicted octanol–water partition coefficient (Wildman–Crippen LogP) is 2.15. The molecular weight excluding hydrogens is 408 g/mol. The fourth-order valence-corrected chi connectivity index (χ4v) is 4.35. The lowest BCUT2D eigenvalue weighted by atomic mass is 10.1. The molecule has 2 fully saturated rings. The van der Waals surface area contributed by atoms with Crippen molar-refractivity contribution < 1.29 is 14.4 Å². The van der Waals surface area contributed by atoms with Crippen LogP contribution in [0.2, 0.25) is 0 Å². The first kappa shape index (κ1) is 21.7. The molecule has 2 saturated heterocycles. The second kappa shape index (κ2) is 8.22. The third-order valence-electron chi connectivity index (χ3n) is 6.17. The molecule has 9 nitrogen and oxygen atoms in total. The summed E-state index contributed by atoms with van der Waals surface area (Å²) >= 11 is 0. The zero-order chi connectivity index (χ0) is 23.2. The maximum atomic E-state index is 13.1. The van der Waals surface area contributed by atoms with Crippen LogP contribution >= 0.6 is 0 Å². The van der Waals surface area contributed by atoms with E-state index in [1.165, 1.54) is 11.9 Å². The molecule has 4 rings (SSSR count). The number of imide groups is 1. The average molecular weight is 437 g/mol. The van der Waals surface area contributed by atoms with Crippen molar-refractivity contribution in [2.24, 2.45) is 0 Å². The SMILES string of the molecule is Cc1cnc(N2CCN(C(=O)c3ccc(N4C(=O)N(C)C(=O)C4C)nc3C)CC2)c(C)c1. The van der Waals surface area contributed by atoms with Crippen molar-refractivity contribution in [3.63, 3.8) is 0 Å². The van der Waals surface area contributed by atoms with Gasteiger partial charge in [0, 0.05) is 39.4 Å². The molecule has 1 atom stereocenters. The van der Waals surface area contributed by atoms with E-state index in [-0.39, 0.29) is 11.8 Å². The fraction of sp³-hybridized carbons (Fsp3) is 0.435. The topological polar surface area (TPSA) is 90.0 Å². The third kappa shape index (κ3) is 3.68. The minimum absolute atomic E-state index is 0.0798. The first-order chi connectivity index (χ1) is 15.2. The van der Waals surface area contributed by atoms with Crippen LogP contribution in [0.15, 0.2) is 24.4 Å². The van der Waals surface area contributed by atoms with Crippen LogP contribution in [-0.2, 0) is 4.79 Å². The number of hydrogen-bond acceptors (Lipinski definition) is 6. The van der Waals surface area contributed by atoms with E-state index in [2.05, 4.69) is 27.9 Å². The predicted molar refractivity (Wildman–Crippen MR) is 121 cm³/mol. The van der Waals surface area contributed by atoms with Gasteiger partial charge in [-0.05, 0) is 51.0 Å². The highest BCUT2D eigenvalue weighted by Gasteiger charge is 2.42. The van der Waals surface area contributed by atoms with Crippen molar-refractivity contribution in [1.82, 2.24) is 19.8 Å². The molecule has 32 heavy (non-hydrogen) atoms. The average Bonchev–Trinajstić information content (AvgIpc) is 2.96. The van der Waals surface area contributed by atoms with Crippen LogP contribution in [-0.4, -0.2) is 76.9 Å². The largest absolute Gasteiger partial charge is 0.353 e. The Morgan fingerprint density at radius 3 is 2.31 bits per heavy atom. The van der Waals surface area contributed by atoms with Crippen molar-refractivity contribution in [2.75, 3.05) is 43.0 Å². The number of carbonyl (C=O) groups excluding carboxylic acids is 3. The Hall–Kier alpha value is -3.49. The van der Waals surface area contributed by atoms with Crippen LogP contribution in [0.25, 0.3) is 0 Å². The molecule has 4 amide bonds. The van der Waals surface area contributed by atoms with Crippen LogP contribution in [0.5, 0.6) is 0 Å². The molecule has 9 heteroatoms. The molecule has 4 heterocycles. The number of pyridine rings is 2. The maximum absolute atomic E-state index is 13.1. The van der Waals surface area contributed by atoms with Crippen molar-refractivity contribution >= 4 is 29.5 Å². The van der Waals surface area contributed by atoms with E-state index in [0.29, 0.717) is 43.3 Å². The van der Waals surface area contributed by atoms with Gasteiger partial charge >= 0.3 is 6.03 Å². The molecule has 0 bridgehead atoms. The lowest BCUT2D eigenvalue weighted by Crippen LogP contribution is -2.49. The third-order valence-corrected chi connectivity index (χ3v) is 6.17. The Balaban J connectivity index is 1.46. The number of carbonyl (C=O) groups is 3. The van der Waals surface area contributed by atoms with Gasteiger partial charge in [-0.2, -0.15) is 0 Å². The van der Waals surface area contributed by atoms with Crippen LogP contribution in [0.1, 0.15) is 34.1 Å². The monoisotopic (exact) mass is 436 g/mol. The number of aryl methyl sites for hydroxylation is 3. The first-order valence-electron chi connectivity index (χ1n) is 10.7. The Kier molecular flexibility index (Phi) is 5.58. The van der Waals surface area contributed by atoms with Crippen LogP contribution < -0.4 is 9.80 Å². The van der Waals surface area contributed by atoms with Crippen LogP contribution in [0, 0.1) is 20.8 Å². The number of rotatable bonds is 3. The fourth-order valence-electron chi connectivity index (χ4n) is 4.35. The van der Waals surface area contributed by atoms with Gasteiger partial charge in [-0.1, -0.05) is 6.07 Å². The standard InChI is InChI=1S/C23H28N6O3/c1-14-12-15(2)20(24-13-14)27-8-10-28(11-9-27)22(31)18-6-7-19(25-16(18)3)29-17(4)21(30)26(5)23(29)32/h6-7,12-13,17H,8-11H2,1-5H3. The van der Waals surface area contributed by atoms with Gasteiger partial charge in [-0.15, -0.1) is 0 Å². The molecule has 1 unspecified atom stereocenters. The van der Waals surface area contributed by atoms with E-state index >= 15 is 0 Å². The molecule has 168 valence electrons. The van der Waals surface area contributed by atoms with Crippen molar-refractivity contribution in [3.8, 4) is 0 Å². The zero-order valence-corrected chi connectivity index (χ0v) is 19.1. The maximum Gasteiger partial charge on any atom is 0.332 e. The number of anilines is 2. The summed E-state index contributed by atoms with van der Waals surface area (Å²) < 4.78 is 0. The van der Waals surface area contributed by atoms with E-state index in [4.69, 9.17) is 0 Å². The highest BCUT2D eigenvalue weighted by atomic mass is 16.2. The second-order valence-corrected chi connectivity index (χ2v) is 8.46. The number of urea groups is 1. The Bertz CT molecular complexity index is 1090. The Labute approximate surface area is 187 Å². The molecule has 0 aliphatic carbocycles. The van der Waals surface area contributed by atoms with Crippen LogP contribution in [0.4, 0.5) is 16.4 Å². The van der Waals surface area contributed by atoms with Gasteiger partial charge in [0.25, 0.3) is 11.8 Å². The number of amides is 4. The molecule has 2 aliphatic heterocycles. The summed E-state index contributed by atoms with van der Waals surface area (Å²) in [5, 5.41) is 0. The summed E-state index contributed by atoms with van der Waals surface area (Å²) in [6.45, 7) is 10.1. The first-order valence-corrected chi connectivity index (χ1v) is 10.7. The number of likely N-dealkylation sites (N-methyl/N-ethyl adjacent to an activating group) is 1. The summed E-state index contributed by atoms with van der Waals surface area (Å²) in [4.78, 5) is 53.2.